The van der Waals surface area contributed by atoms with Crippen LogP contribution >= 0.6 is 34.4 Å². The third-order valence-electron chi connectivity index (χ3n) is 6.65. The van der Waals surface area contributed by atoms with Crippen molar-refractivity contribution < 1.29 is 29.0 Å². The highest BCUT2D eigenvalue weighted by Crippen LogP contribution is 2.35. The summed E-state index contributed by atoms with van der Waals surface area (Å²) in [5.74, 6) is 0.753. The Morgan fingerprint density at radius 1 is 0.884 bits per heavy atom. The summed E-state index contributed by atoms with van der Waals surface area (Å²) >= 11 is 4.69. The molecule has 5 rings (SSSR count). The summed E-state index contributed by atoms with van der Waals surface area (Å²) in [7, 11) is 0. The van der Waals surface area contributed by atoms with E-state index in [0.717, 1.165) is 15.3 Å². The molecule has 9 nitrogen and oxygen atoms in total. The van der Waals surface area contributed by atoms with Gasteiger partial charge in [-0.15, -0.1) is 22.7 Å². The Labute approximate surface area is 261 Å². The fraction of sp³-hybridized carbons (Fsp3) is 0.258. The number of rotatable bonds is 14. The molecule has 0 unspecified atom stereocenters. The number of ether oxygens (including phenoxy) is 2. The van der Waals surface area contributed by atoms with Crippen LogP contribution in [0, 0.1) is 0 Å². The van der Waals surface area contributed by atoms with Gasteiger partial charge in [0, 0.05) is 21.3 Å². The number of hydrogen-bond acceptors (Lipinski definition) is 8. The van der Waals surface area contributed by atoms with Gasteiger partial charge in [0.05, 0.1) is 25.6 Å². The van der Waals surface area contributed by atoms with Gasteiger partial charge in [-0.1, -0.05) is 48.5 Å². The smallest absolute Gasteiger partial charge is 0.315 e. The maximum atomic E-state index is 14.1. The van der Waals surface area contributed by atoms with E-state index < -0.39 is 24.1 Å². The molecule has 0 saturated carbocycles. The Morgan fingerprint density at radius 3 is 2.23 bits per heavy atom. The number of carbonyl (C=O) groups is 3. The molecule has 43 heavy (non-hydrogen) atoms. The van der Waals surface area contributed by atoms with Gasteiger partial charge >= 0.3 is 12.0 Å². The van der Waals surface area contributed by atoms with Crippen molar-refractivity contribution in [2.75, 3.05) is 12.5 Å². The van der Waals surface area contributed by atoms with E-state index in [0.29, 0.717) is 41.7 Å². The van der Waals surface area contributed by atoms with Crippen LogP contribution in [0.25, 0.3) is 0 Å². The molecule has 1 aliphatic heterocycles. The van der Waals surface area contributed by atoms with Gasteiger partial charge < -0.3 is 30.1 Å². The summed E-state index contributed by atoms with van der Waals surface area (Å²) in [6.07, 6.45) is -0.350. The third kappa shape index (κ3) is 8.76. The van der Waals surface area contributed by atoms with Gasteiger partial charge in [0.15, 0.2) is 11.5 Å². The zero-order chi connectivity index (χ0) is 30.0. The number of hydrogen-bond donors (Lipinski definition) is 3. The minimum absolute atomic E-state index is 0.0776. The fourth-order valence-electron chi connectivity index (χ4n) is 4.57. The number of amides is 3. The molecule has 12 heteroatoms. The van der Waals surface area contributed by atoms with E-state index in [-0.39, 0.29) is 19.1 Å². The molecule has 3 N–H and O–H groups in total. The number of carboxylic acids is 1. The first-order chi connectivity index (χ1) is 20.9. The largest absolute Gasteiger partial charge is 0.481 e. The topological polar surface area (TPSA) is 117 Å². The van der Waals surface area contributed by atoms with Crippen molar-refractivity contribution in [2.24, 2.45) is 0 Å². The first kappa shape index (κ1) is 30.5. The zero-order valence-corrected chi connectivity index (χ0v) is 25.6. The normalized spacial score (nSPS) is 13.2. The molecule has 2 atom stereocenters. The van der Waals surface area contributed by atoms with Crippen molar-refractivity contribution >= 4 is 52.3 Å². The number of thiophene rings is 2. The quantitative estimate of drug-likeness (QED) is 0.158. The minimum atomic E-state index is -1.08. The summed E-state index contributed by atoms with van der Waals surface area (Å²) in [6.45, 7) is 0.904. The monoisotopic (exact) mass is 637 g/mol. The molecule has 224 valence electrons. The molecule has 0 spiro atoms. The average Bonchev–Trinajstić information content (AvgIpc) is 3.79. The van der Waals surface area contributed by atoms with Crippen molar-refractivity contribution in [3.05, 3.63) is 104 Å². The lowest BCUT2D eigenvalue weighted by atomic mass is 10.0. The molecule has 4 aromatic rings. The average molecular weight is 638 g/mol. The molecule has 1 aliphatic rings. The van der Waals surface area contributed by atoms with E-state index in [4.69, 9.17) is 9.47 Å². The third-order valence-corrected chi connectivity index (χ3v) is 9.48. The molecule has 0 radical (unpaired) electrons. The highest BCUT2D eigenvalue weighted by molar-refractivity contribution is 7.98. The van der Waals surface area contributed by atoms with Crippen LogP contribution in [-0.4, -0.2) is 46.5 Å². The number of aliphatic carboxylic acids is 1. The van der Waals surface area contributed by atoms with Crippen molar-refractivity contribution in [1.29, 1.82) is 0 Å². The Balaban J connectivity index is 1.33. The first-order valence-electron chi connectivity index (χ1n) is 13.6. The second-order valence-corrected chi connectivity index (χ2v) is 12.9. The molecule has 3 heterocycles. The predicted octanol–water partition coefficient (Wildman–Crippen LogP) is 5.88. The fourth-order valence-corrected chi connectivity index (χ4v) is 7.02. The van der Waals surface area contributed by atoms with Gasteiger partial charge in [-0.05, 0) is 46.2 Å². The molecule has 3 amide bonds. The van der Waals surface area contributed by atoms with Crippen molar-refractivity contribution in [1.82, 2.24) is 15.5 Å². The molecular formula is C31H31N3O6S3. The highest BCUT2D eigenvalue weighted by atomic mass is 32.2. The number of urea groups is 1. The van der Waals surface area contributed by atoms with Crippen LogP contribution in [0.15, 0.2) is 83.6 Å². The van der Waals surface area contributed by atoms with Crippen molar-refractivity contribution in [3.8, 4) is 11.5 Å². The van der Waals surface area contributed by atoms with Gasteiger partial charge in [0.1, 0.15) is 6.04 Å². The van der Waals surface area contributed by atoms with E-state index in [1.54, 1.807) is 57.5 Å². The SMILES string of the molecule is O=C(O)C[C@H](NC(=O)N[C@@H](CSCc1ccccc1)C(=O)N(Cc1cccs1)Cc1cccs1)c1ccc2c(c1)OCO2. The zero-order valence-electron chi connectivity index (χ0n) is 23.1. The number of carbonyl (C=O) groups excluding carboxylic acids is 2. The van der Waals surface area contributed by atoms with Gasteiger partial charge in [-0.2, -0.15) is 11.8 Å². The van der Waals surface area contributed by atoms with Gasteiger partial charge in [-0.25, -0.2) is 4.79 Å². The van der Waals surface area contributed by atoms with Crippen LogP contribution in [0.4, 0.5) is 4.79 Å². The Hall–Kier alpha value is -4.00. The molecular weight excluding hydrogens is 607 g/mol. The number of carboxylic acid groups (broad SMARTS) is 1. The minimum Gasteiger partial charge on any atom is -0.481 e. The van der Waals surface area contributed by atoms with E-state index >= 15 is 0 Å². The van der Waals surface area contributed by atoms with Gasteiger partial charge in [-0.3, -0.25) is 9.59 Å². The second kappa shape index (κ2) is 14.9. The summed E-state index contributed by atoms with van der Waals surface area (Å²) < 4.78 is 10.8. The molecule has 2 aromatic carbocycles. The van der Waals surface area contributed by atoms with Gasteiger partial charge in [0.25, 0.3) is 0 Å². The lowest BCUT2D eigenvalue weighted by Gasteiger charge is -2.28. The number of fused-ring (bicyclic) bond motifs is 1. The van der Waals surface area contributed by atoms with Gasteiger partial charge in [0.2, 0.25) is 12.7 Å². The molecule has 0 fully saturated rings. The highest BCUT2D eigenvalue weighted by Gasteiger charge is 2.29. The maximum absolute atomic E-state index is 14.1. The summed E-state index contributed by atoms with van der Waals surface area (Å²) in [4.78, 5) is 43.0. The summed E-state index contributed by atoms with van der Waals surface area (Å²) in [5, 5.41) is 19.2. The Morgan fingerprint density at radius 2 is 1.58 bits per heavy atom. The maximum Gasteiger partial charge on any atom is 0.315 e. The molecule has 0 aliphatic carbocycles. The van der Waals surface area contributed by atoms with E-state index in [1.165, 1.54) is 0 Å². The Kier molecular flexibility index (Phi) is 10.6. The summed E-state index contributed by atoms with van der Waals surface area (Å²) in [6, 6.07) is 20.5. The Bertz CT molecular complexity index is 1460. The number of thioether (sulfide) groups is 1. The first-order valence-corrected chi connectivity index (χ1v) is 16.5. The predicted molar refractivity (Wildman–Crippen MR) is 169 cm³/mol. The lowest BCUT2D eigenvalue weighted by Crippen LogP contribution is -2.52. The molecule has 0 bridgehead atoms. The number of nitrogens with one attached hydrogen (secondary N) is 2. The van der Waals surface area contributed by atoms with Crippen molar-refractivity contribution in [2.45, 2.75) is 37.3 Å². The molecule has 0 saturated heterocycles. The second-order valence-electron chi connectivity index (χ2n) is 9.79. The van der Waals surface area contributed by atoms with Crippen molar-refractivity contribution in [3.63, 3.8) is 0 Å². The van der Waals surface area contributed by atoms with Crippen LogP contribution in [-0.2, 0) is 28.4 Å². The van der Waals surface area contributed by atoms with Crippen LogP contribution in [0.3, 0.4) is 0 Å². The van der Waals surface area contributed by atoms with Crippen LogP contribution < -0.4 is 20.1 Å². The number of nitrogens with zero attached hydrogens (tertiary/aromatic N) is 1. The standard InChI is InChI=1S/C31H31N3O6S3/c35-29(36)15-25(22-10-11-27-28(14-22)40-20-39-27)32-31(38)33-26(19-41-18-21-6-2-1-3-7-21)30(37)34(16-23-8-4-12-42-23)17-24-9-5-13-43-24/h1-14,25-26H,15-20H2,(H,35,36)(H2,32,33,38)/t25-,26-/m0/s1. The van der Waals surface area contributed by atoms with Crippen LogP contribution in [0.1, 0.15) is 33.3 Å². The van der Waals surface area contributed by atoms with E-state index in [9.17, 15) is 19.5 Å². The summed E-state index contributed by atoms with van der Waals surface area (Å²) in [5.41, 5.74) is 1.67. The molecule has 2 aromatic heterocycles. The van der Waals surface area contributed by atoms with Crippen LogP contribution in [0.2, 0.25) is 0 Å². The van der Waals surface area contributed by atoms with E-state index in [2.05, 4.69) is 10.6 Å². The van der Waals surface area contributed by atoms with E-state index in [1.807, 2.05) is 65.4 Å². The van der Waals surface area contributed by atoms with Crippen LogP contribution in [0.5, 0.6) is 11.5 Å². The number of benzene rings is 2. The lowest BCUT2D eigenvalue weighted by molar-refractivity contribution is -0.137.